The number of ether oxygens (including phenoxy) is 2. The summed E-state index contributed by atoms with van der Waals surface area (Å²) in [5.41, 5.74) is 0. The third-order valence-corrected chi connectivity index (χ3v) is 1.63. The molecule has 2 nitrogen and oxygen atoms in total. The Morgan fingerprint density at radius 3 is 2.64 bits per heavy atom. The van der Waals surface area contributed by atoms with E-state index in [0.717, 1.165) is 11.5 Å². The number of benzene rings is 1. The van der Waals surface area contributed by atoms with Gasteiger partial charge in [0.25, 0.3) is 0 Å². The zero-order chi connectivity index (χ0) is 10.2. The second kappa shape index (κ2) is 5.93. The third kappa shape index (κ3) is 3.40. The van der Waals surface area contributed by atoms with Gasteiger partial charge in [0.05, 0.1) is 13.2 Å². The van der Waals surface area contributed by atoms with Crippen LogP contribution in [0.3, 0.4) is 0 Å². The van der Waals surface area contributed by atoms with Crippen LogP contribution in [0.15, 0.2) is 24.3 Å². The van der Waals surface area contributed by atoms with Crippen LogP contribution in [-0.2, 0) is 0 Å². The molecule has 0 spiro atoms. The van der Waals surface area contributed by atoms with E-state index in [9.17, 15) is 0 Å². The number of hydrogen-bond donors (Lipinski definition) is 0. The maximum atomic E-state index is 5.41. The quantitative estimate of drug-likeness (QED) is 0.524. The molecule has 0 atom stereocenters. The molecule has 0 heterocycles. The van der Waals surface area contributed by atoms with Crippen molar-refractivity contribution in [1.82, 2.24) is 0 Å². The van der Waals surface area contributed by atoms with Crippen molar-refractivity contribution in [2.24, 2.45) is 0 Å². The van der Waals surface area contributed by atoms with Crippen molar-refractivity contribution in [3.63, 3.8) is 0 Å². The molecule has 1 rings (SSSR count). The van der Waals surface area contributed by atoms with E-state index in [1.807, 2.05) is 31.2 Å². The Bertz CT molecular complexity index is 312. The molecule has 0 aliphatic heterocycles. The van der Waals surface area contributed by atoms with Crippen LogP contribution in [0, 0.1) is 12.3 Å². The van der Waals surface area contributed by atoms with Gasteiger partial charge in [-0.05, 0) is 19.1 Å². The van der Waals surface area contributed by atoms with E-state index in [2.05, 4.69) is 5.92 Å². The summed E-state index contributed by atoms with van der Waals surface area (Å²) in [6.07, 6.45) is 5.74. The molecule has 0 aliphatic carbocycles. The van der Waals surface area contributed by atoms with Gasteiger partial charge in [0.2, 0.25) is 0 Å². The summed E-state index contributed by atoms with van der Waals surface area (Å²) in [6.45, 7) is 3.16. The molecule has 0 aromatic heterocycles. The first-order valence-corrected chi connectivity index (χ1v) is 4.66. The van der Waals surface area contributed by atoms with Gasteiger partial charge in [-0.25, -0.2) is 0 Å². The Morgan fingerprint density at radius 2 is 2.00 bits per heavy atom. The fourth-order valence-electron chi connectivity index (χ4n) is 1.05. The number of rotatable bonds is 5. The lowest BCUT2D eigenvalue weighted by Gasteiger charge is -2.06. The van der Waals surface area contributed by atoms with E-state index >= 15 is 0 Å². The van der Waals surface area contributed by atoms with Crippen LogP contribution in [0.2, 0.25) is 0 Å². The Morgan fingerprint density at radius 1 is 1.29 bits per heavy atom. The van der Waals surface area contributed by atoms with Gasteiger partial charge in [0, 0.05) is 12.5 Å². The van der Waals surface area contributed by atoms with Crippen LogP contribution in [0.4, 0.5) is 0 Å². The SMILES string of the molecule is C#CCCOc1cccc(OCC)c1. The van der Waals surface area contributed by atoms with Crippen LogP contribution in [-0.4, -0.2) is 13.2 Å². The fraction of sp³-hybridized carbons (Fsp3) is 0.333. The molecule has 0 unspecified atom stereocenters. The summed E-state index contributed by atoms with van der Waals surface area (Å²) in [4.78, 5) is 0. The minimum absolute atomic E-state index is 0.548. The first-order chi connectivity index (χ1) is 6.86. The van der Waals surface area contributed by atoms with Crippen molar-refractivity contribution in [2.45, 2.75) is 13.3 Å². The molecule has 0 amide bonds. The fourth-order valence-corrected chi connectivity index (χ4v) is 1.05. The molecular weight excluding hydrogens is 176 g/mol. The summed E-state index contributed by atoms with van der Waals surface area (Å²) in [5, 5.41) is 0. The van der Waals surface area contributed by atoms with Gasteiger partial charge in [-0.1, -0.05) is 6.07 Å². The zero-order valence-corrected chi connectivity index (χ0v) is 8.32. The molecule has 0 saturated heterocycles. The molecule has 0 saturated carbocycles. The van der Waals surface area contributed by atoms with Crippen LogP contribution in [0.1, 0.15) is 13.3 Å². The highest BCUT2D eigenvalue weighted by molar-refractivity contribution is 5.32. The van der Waals surface area contributed by atoms with Crippen LogP contribution >= 0.6 is 0 Å². The first-order valence-electron chi connectivity index (χ1n) is 4.66. The van der Waals surface area contributed by atoms with Crippen LogP contribution < -0.4 is 9.47 Å². The van der Waals surface area contributed by atoms with Gasteiger partial charge in [0.15, 0.2) is 0 Å². The molecule has 1 aromatic carbocycles. The summed E-state index contributed by atoms with van der Waals surface area (Å²) in [6, 6.07) is 7.55. The van der Waals surface area contributed by atoms with E-state index in [1.54, 1.807) is 0 Å². The van der Waals surface area contributed by atoms with Crippen molar-refractivity contribution in [2.75, 3.05) is 13.2 Å². The van der Waals surface area contributed by atoms with E-state index in [0.29, 0.717) is 19.6 Å². The molecule has 0 N–H and O–H groups in total. The summed E-state index contributed by atoms with van der Waals surface area (Å²) >= 11 is 0. The number of hydrogen-bond acceptors (Lipinski definition) is 2. The van der Waals surface area contributed by atoms with E-state index < -0.39 is 0 Å². The van der Waals surface area contributed by atoms with Crippen molar-refractivity contribution >= 4 is 0 Å². The van der Waals surface area contributed by atoms with E-state index in [-0.39, 0.29) is 0 Å². The van der Waals surface area contributed by atoms with Gasteiger partial charge >= 0.3 is 0 Å². The van der Waals surface area contributed by atoms with Crippen molar-refractivity contribution in [3.05, 3.63) is 24.3 Å². The van der Waals surface area contributed by atoms with Gasteiger partial charge in [-0.15, -0.1) is 12.3 Å². The molecule has 0 radical (unpaired) electrons. The topological polar surface area (TPSA) is 18.5 Å². The predicted octanol–water partition coefficient (Wildman–Crippen LogP) is 2.49. The first kappa shape index (κ1) is 10.5. The molecule has 14 heavy (non-hydrogen) atoms. The molecule has 0 fully saturated rings. The molecule has 74 valence electrons. The standard InChI is InChI=1S/C12H14O2/c1-3-5-9-14-12-8-6-7-11(10-12)13-4-2/h1,6-8,10H,4-5,9H2,2H3. The highest BCUT2D eigenvalue weighted by Crippen LogP contribution is 2.19. The van der Waals surface area contributed by atoms with Gasteiger partial charge in [-0.3, -0.25) is 0 Å². The largest absolute Gasteiger partial charge is 0.494 e. The van der Waals surface area contributed by atoms with E-state index in [4.69, 9.17) is 15.9 Å². The summed E-state index contributed by atoms with van der Waals surface area (Å²) in [5.74, 6) is 4.14. The molecule has 1 aromatic rings. The van der Waals surface area contributed by atoms with Crippen LogP contribution in [0.5, 0.6) is 11.5 Å². The maximum Gasteiger partial charge on any atom is 0.123 e. The number of terminal acetylenes is 1. The summed E-state index contributed by atoms with van der Waals surface area (Å²) in [7, 11) is 0. The monoisotopic (exact) mass is 190 g/mol. The molecule has 2 heteroatoms. The lowest BCUT2D eigenvalue weighted by molar-refractivity contribution is 0.316. The minimum Gasteiger partial charge on any atom is -0.494 e. The normalized spacial score (nSPS) is 9.14. The Hall–Kier alpha value is -1.62. The predicted molar refractivity (Wildman–Crippen MR) is 56.6 cm³/mol. The molecule has 0 aliphatic rings. The Kier molecular flexibility index (Phi) is 4.43. The van der Waals surface area contributed by atoms with Gasteiger partial charge < -0.3 is 9.47 Å². The second-order valence-electron chi connectivity index (χ2n) is 2.71. The Balaban J connectivity index is 2.51. The van der Waals surface area contributed by atoms with E-state index in [1.165, 1.54) is 0 Å². The average molecular weight is 190 g/mol. The maximum absolute atomic E-state index is 5.41. The highest BCUT2D eigenvalue weighted by Gasteiger charge is 1.95. The lowest BCUT2D eigenvalue weighted by atomic mass is 10.3. The zero-order valence-electron chi connectivity index (χ0n) is 8.32. The second-order valence-corrected chi connectivity index (χ2v) is 2.71. The van der Waals surface area contributed by atoms with Crippen molar-refractivity contribution in [1.29, 1.82) is 0 Å². The minimum atomic E-state index is 0.548. The van der Waals surface area contributed by atoms with Gasteiger partial charge in [0.1, 0.15) is 11.5 Å². The molecular formula is C12H14O2. The lowest BCUT2D eigenvalue weighted by Crippen LogP contribution is -1.96. The van der Waals surface area contributed by atoms with Crippen molar-refractivity contribution in [3.8, 4) is 23.8 Å². The van der Waals surface area contributed by atoms with Crippen LogP contribution in [0.25, 0.3) is 0 Å². The molecule has 0 bridgehead atoms. The smallest absolute Gasteiger partial charge is 0.123 e. The summed E-state index contributed by atoms with van der Waals surface area (Å²) < 4.78 is 10.7. The average Bonchev–Trinajstić information content (AvgIpc) is 2.19. The van der Waals surface area contributed by atoms with Gasteiger partial charge in [-0.2, -0.15) is 0 Å². The third-order valence-electron chi connectivity index (χ3n) is 1.63. The van der Waals surface area contributed by atoms with Crippen molar-refractivity contribution < 1.29 is 9.47 Å². The highest BCUT2D eigenvalue weighted by atomic mass is 16.5. The Labute approximate surface area is 84.8 Å².